The number of esters is 1. The zero-order valence-corrected chi connectivity index (χ0v) is 6.97. The molecule has 0 aliphatic heterocycles. The number of carbonyl (C=O) groups excluding carboxylic acids is 1. The lowest BCUT2D eigenvalue weighted by atomic mass is 10.2. The van der Waals surface area contributed by atoms with Gasteiger partial charge in [-0.1, -0.05) is 0 Å². The van der Waals surface area contributed by atoms with Crippen LogP contribution in [-0.2, 0) is 20.6 Å². The fraction of sp³-hybridized carbons (Fsp3) is 0.800. The fourth-order valence-corrected chi connectivity index (χ4v) is 0.953. The molecule has 3 N–H and O–H groups in total. The van der Waals surface area contributed by atoms with E-state index in [1.165, 1.54) is 7.11 Å². The van der Waals surface area contributed by atoms with E-state index in [2.05, 4.69) is 4.74 Å². The molecule has 66 valence electrons. The molecule has 2 unspecified atom stereocenters. The van der Waals surface area contributed by atoms with Crippen molar-refractivity contribution in [2.45, 2.75) is 12.5 Å². The van der Waals surface area contributed by atoms with Gasteiger partial charge in [-0.3, -0.25) is 4.79 Å². The Morgan fingerprint density at radius 2 is 2.36 bits per heavy atom. The molecule has 0 radical (unpaired) electrons. The van der Waals surface area contributed by atoms with Crippen LogP contribution in [0.4, 0.5) is 0 Å². The highest BCUT2D eigenvalue weighted by atomic mass is 32.2. The molecule has 0 spiro atoms. The van der Waals surface area contributed by atoms with Gasteiger partial charge in [0.1, 0.15) is 6.04 Å². The van der Waals surface area contributed by atoms with Crippen LogP contribution in [0.3, 0.4) is 0 Å². The molecule has 6 heteroatoms. The van der Waals surface area contributed by atoms with Crippen molar-refractivity contribution >= 4 is 17.0 Å². The molecule has 0 heterocycles. The summed E-state index contributed by atoms with van der Waals surface area (Å²) in [5.74, 6) is -0.563. The van der Waals surface area contributed by atoms with Crippen molar-refractivity contribution in [1.82, 2.24) is 0 Å². The monoisotopic (exact) mass is 181 g/mol. The molecule has 0 amide bonds. The molecule has 11 heavy (non-hydrogen) atoms. The Kier molecular flexibility index (Phi) is 5.01. The molecule has 0 aliphatic carbocycles. The standard InChI is InChI=1S/C5H11NO4S/c1-10-5(7)4(6)2-3-11(8)9/h4H,2-3,6H2,1H3,(H,8,9). The Morgan fingerprint density at radius 3 is 2.73 bits per heavy atom. The van der Waals surface area contributed by atoms with E-state index < -0.39 is 23.1 Å². The van der Waals surface area contributed by atoms with Crippen LogP contribution in [-0.4, -0.2) is 33.6 Å². The van der Waals surface area contributed by atoms with Gasteiger partial charge in [0, 0.05) is 0 Å². The van der Waals surface area contributed by atoms with Crippen molar-refractivity contribution in [3.05, 3.63) is 0 Å². The molecule has 0 bridgehead atoms. The second-order valence-electron chi connectivity index (χ2n) is 1.94. The summed E-state index contributed by atoms with van der Waals surface area (Å²) in [5.41, 5.74) is 5.26. The van der Waals surface area contributed by atoms with Crippen LogP contribution in [0.5, 0.6) is 0 Å². The van der Waals surface area contributed by atoms with E-state index in [4.69, 9.17) is 10.3 Å². The Hall–Kier alpha value is -0.460. The first kappa shape index (κ1) is 10.5. The number of nitrogens with two attached hydrogens (primary N) is 1. The molecule has 0 saturated carbocycles. The van der Waals surface area contributed by atoms with Gasteiger partial charge in [0.05, 0.1) is 12.9 Å². The van der Waals surface area contributed by atoms with Crippen LogP contribution in [0, 0.1) is 0 Å². The maximum absolute atomic E-state index is 10.6. The van der Waals surface area contributed by atoms with Gasteiger partial charge >= 0.3 is 5.97 Å². The summed E-state index contributed by atoms with van der Waals surface area (Å²) in [6.07, 6.45) is 0.162. The summed E-state index contributed by atoms with van der Waals surface area (Å²) in [7, 11) is 1.22. The average molecular weight is 181 g/mol. The van der Waals surface area contributed by atoms with E-state index in [0.29, 0.717) is 0 Å². The van der Waals surface area contributed by atoms with Crippen molar-refractivity contribution in [3.8, 4) is 0 Å². The second-order valence-corrected chi connectivity index (χ2v) is 3.00. The predicted octanol–water partition coefficient (Wildman–Crippen LogP) is -0.901. The Morgan fingerprint density at radius 1 is 1.82 bits per heavy atom. The van der Waals surface area contributed by atoms with Crippen molar-refractivity contribution < 1.29 is 18.3 Å². The summed E-state index contributed by atoms with van der Waals surface area (Å²) in [6.45, 7) is 0. The minimum Gasteiger partial charge on any atom is -0.468 e. The normalized spacial score (nSPS) is 15.5. The molecule has 2 atom stereocenters. The number of hydrogen-bond acceptors (Lipinski definition) is 4. The maximum Gasteiger partial charge on any atom is 0.322 e. The van der Waals surface area contributed by atoms with Crippen LogP contribution in [0.25, 0.3) is 0 Å². The van der Waals surface area contributed by atoms with Crippen molar-refractivity contribution in [2.75, 3.05) is 12.9 Å². The third-order valence-electron chi connectivity index (χ3n) is 1.11. The smallest absolute Gasteiger partial charge is 0.322 e. The fourth-order valence-electron chi connectivity index (χ4n) is 0.497. The number of carbonyl (C=O) groups is 1. The van der Waals surface area contributed by atoms with Gasteiger partial charge in [-0.25, -0.2) is 4.21 Å². The topological polar surface area (TPSA) is 89.6 Å². The van der Waals surface area contributed by atoms with E-state index in [0.717, 1.165) is 0 Å². The minimum absolute atomic E-state index is 0.00370. The summed E-state index contributed by atoms with van der Waals surface area (Å²) in [5, 5.41) is 0. The summed E-state index contributed by atoms with van der Waals surface area (Å²) in [6, 6.07) is -0.795. The van der Waals surface area contributed by atoms with Gasteiger partial charge < -0.3 is 15.0 Å². The summed E-state index contributed by atoms with van der Waals surface area (Å²) < 4.78 is 22.7. The molecule has 0 aromatic carbocycles. The van der Waals surface area contributed by atoms with E-state index >= 15 is 0 Å². The first-order chi connectivity index (χ1) is 5.07. The largest absolute Gasteiger partial charge is 0.468 e. The van der Waals surface area contributed by atoms with Crippen molar-refractivity contribution in [3.63, 3.8) is 0 Å². The van der Waals surface area contributed by atoms with Gasteiger partial charge in [-0.15, -0.1) is 0 Å². The predicted molar refractivity (Wildman–Crippen MR) is 40.2 cm³/mol. The van der Waals surface area contributed by atoms with Crippen LogP contribution in [0.2, 0.25) is 0 Å². The van der Waals surface area contributed by atoms with Crippen LogP contribution >= 0.6 is 0 Å². The molecule has 5 nitrogen and oxygen atoms in total. The zero-order valence-electron chi connectivity index (χ0n) is 6.15. The first-order valence-corrected chi connectivity index (χ1v) is 4.26. The molecule has 0 rings (SSSR count). The third-order valence-corrected chi connectivity index (χ3v) is 1.69. The highest BCUT2D eigenvalue weighted by Crippen LogP contribution is 1.92. The van der Waals surface area contributed by atoms with Gasteiger partial charge in [0.25, 0.3) is 0 Å². The lowest BCUT2D eigenvalue weighted by Gasteiger charge is -2.06. The van der Waals surface area contributed by atoms with E-state index in [1.807, 2.05) is 0 Å². The Balaban J connectivity index is 3.60. The van der Waals surface area contributed by atoms with Gasteiger partial charge in [-0.2, -0.15) is 0 Å². The Bertz CT molecular complexity index is 161. The van der Waals surface area contributed by atoms with Crippen LogP contribution in [0.15, 0.2) is 0 Å². The van der Waals surface area contributed by atoms with Crippen molar-refractivity contribution in [1.29, 1.82) is 0 Å². The zero-order chi connectivity index (χ0) is 8.85. The average Bonchev–Trinajstić information content (AvgIpc) is 1.98. The molecular weight excluding hydrogens is 170 g/mol. The van der Waals surface area contributed by atoms with Crippen LogP contribution < -0.4 is 5.73 Å². The van der Waals surface area contributed by atoms with Gasteiger partial charge in [-0.05, 0) is 6.42 Å². The third kappa shape index (κ3) is 4.88. The molecule has 0 aromatic heterocycles. The molecule has 0 fully saturated rings. The molecular formula is C5H11NO4S. The van der Waals surface area contributed by atoms with Crippen molar-refractivity contribution in [2.24, 2.45) is 5.73 Å². The number of hydrogen-bond donors (Lipinski definition) is 2. The van der Waals surface area contributed by atoms with E-state index in [1.54, 1.807) is 0 Å². The lowest BCUT2D eigenvalue weighted by Crippen LogP contribution is -2.32. The SMILES string of the molecule is COC(=O)C(N)CCS(=O)O. The highest BCUT2D eigenvalue weighted by Gasteiger charge is 2.13. The van der Waals surface area contributed by atoms with Gasteiger partial charge in [0.15, 0.2) is 11.1 Å². The van der Waals surface area contributed by atoms with E-state index in [-0.39, 0.29) is 12.2 Å². The quantitative estimate of drug-likeness (QED) is 0.433. The van der Waals surface area contributed by atoms with E-state index in [9.17, 15) is 9.00 Å². The molecule has 0 saturated heterocycles. The highest BCUT2D eigenvalue weighted by molar-refractivity contribution is 7.79. The second kappa shape index (κ2) is 5.22. The van der Waals surface area contributed by atoms with Gasteiger partial charge in [0.2, 0.25) is 0 Å². The number of rotatable bonds is 4. The minimum atomic E-state index is -1.89. The molecule has 0 aromatic rings. The molecule has 0 aliphatic rings. The number of ether oxygens (including phenoxy) is 1. The summed E-state index contributed by atoms with van der Waals surface area (Å²) >= 11 is -1.89. The number of methoxy groups -OCH3 is 1. The Labute approximate surface area is 67.2 Å². The van der Waals surface area contributed by atoms with Crippen LogP contribution in [0.1, 0.15) is 6.42 Å². The first-order valence-electron chi connectivity index (χ1n) is 2.98. The maximum atomic E-state index is 10.6. The summed E-state index contributed by atoms with van der Waals surface area (Å²) in [4.78, 5) is 10.6. The lowest BCUT2D eigenvalue weighted by molar-refractivity contribution is -0.142.